The summed E-state index contributed by atoms with van der Waals surface area (Å²) in [5.74, 6) is 0.147. The van der Waals surface area contributed by atoms with Crippen molar-refractivity contribution in [3.05, 3.63) is 29.8 Å². The molecule has 0 aliphatic carbocycles. The van der Waals surface area contributed by atoms with Crippen LogP contribution < -0.4 is 0 Å². The fraction of sp³-hybridized carbons (Fsp3) is 0.533. The third-order valence-corrected chi connectivity index (χ3v) is 3.54. The molecule has 1 saturated heterocycles. The minimum atomic E-state index is -0.173. The van der Waals surface area contributed by atoms with E-state index in [-0.39, 0.29) is 17.8 Å². The molecule has 4 heteroatoms. The highest BCUT2D eigenvalue weighted by Gasteiger charge is 2.30. The summed E-state index contributed by atoms with van der Waals surface area (Å²) in [6, 6.07) is 7.11. The maximum atomic E-state index is 12.0. The number of benzene rings is 1. The van der Waals surface area contributed by atoms with Crippen LogP contribution in [-0.2, 0) is 16.1 Å². The number of phenols is 1. The lowest BCUT2D eigenvalue weighted by molar-refractivity contribution is -0.151. The van der Waals surface area contributed by atoms with Crippen LogP contribution in [0.5, 0.6) is 5.75 Å². The molecule has 0 saturated carbocycles. The molecule has 1 aromatic carbocycles. The topological polar surface area (TPSA) is 49.8 Å². The third kappa shape index (κ3) is 3.47. The third-order valence-electron chi connectivity index (χ3n) is 3.54. The number of nitrogens with zero attached hydrogens (tertiary/aromatic N) is 1. The summed E-state index contributed by atoms with van der Waals surface area (Å²) in [5, 5.41) is 9.83. The van der Waals surface area contributed by atoms with Gasteiger partial charge in [0.25, 0.3) is 0 Å². The van der Waals surface area contributed by atoms with E-state index in [2.05, 4.69) is 4.90 Å². The number of para-hydroxylation sites is 1. The Bertz CT molecular complexity index is 433. The van der Waals surface area contributed by atoms with Crippen LogP contribution in [0.15, 0.2) is 24.3 Å². The van der Waals surface area contributed by atoms with E-state index in [0.29, 0.717) is 13.2 Å². The molecule has 0 amide bonds. The summed E-state index contributed by atoms with van der Waals surface area (Å²) in [4.78, 5) is 14.1. The normalized spacial score (nSPS) is 20.2. The van der Waals surface area contributed by atoms with Gasteiger partial charge in [-0.25, -0.2) is 0 Å². The smallest absolute Gasteiger partial charge is 0.323 e. The van der Waals surface area contributed by atoms with Crippen LogP contribution in [0.4, 0.5) is 0 Å². The number of hydrogen-bond acceptors (Lipinski definition) is 4. The van der Waals surface area contributed by atoms with Gasteiger partial charge in [-0.15, -0.1) is 0 Å². The van der Waals surface area contributed by atoms with Gasteiger partial charge in [0.15, 0.2) is 0 Å². The van der Waals surface area contributed by atoms with Gasteiger partial charge in [-0.2, -0.15) is 0 Å². The van der Waals surface area contributed by atoms with E-state index in [4.69, 9.17) is 4.74 Å². The lowest BCUT2D eigenvalue weighted by Crippen LogP contribution is -2.44. The van der Waals surface area contributed by atoms with Crippen molar-refractivity contribution in [2.45, 2.75) is 38.8 Å². The molecule has 1 heterocycles. The molecule has 0 bridgehead atoms. The zero-order valence-corrected chi connectivity index (χ0v) is 11.3. The number of esters is 1. The van der Waals surface area contributed by atoms with E-state index in [1.165, 1.54) is 0 Å². The van der Waals surface area contributed by atoms with Gasteiger partial charge in [-0.1, -0.05) is 24.6 Å². The van der Waals surface area contributed by atoms with Crippen molar-refractivity contribution >= 4 is 5.97 Å². The van der Waals surface area contributed by atoms with Gasteiger partial charge < -0.3 is 9.84 Å². The van der Waals surface area contributed by atoms with Crippen molar-refractivity contribution in [3.63, 3.8) is 0 Å². The van der Waals surface area contributed by atoms with Crippen LogP contribution >= 0.6 is 0 Å². The van der Waals surface area contributed by atoms with Crippen molar-refractivity contribution in [2.75, 3.05) is 13.2 Å². The molecule has 1 aromatic rings. The molecule has 1 N–H and O–H groups in total. The maximum absolute atomic E-state index is 12.0. The number of hydrogen-bond donors (Lipinski definition) is 1. The second-order valence-corrected chi connectivity index (χ2v) is 4.86. The molecule has 19 heavy (non-hydrogen) atoms. The molecule has 1 aliphatic rings. The highest BCUT2D eigenvalue weighted by Crippen LogP contribution is 2.24. The SMILES string of the molecule is CCOC(=O)[C@H]1CCCCN1Cc1ccccc1O. The van der Waals surface area contributed by atoms with Gasteiger partial charge >= 0.3 is 5.97 Å². The van der Waals surface area contributed by atoms with E-state index < -0.39 is 0 Å². The molecule has 104 valence electrons. The lowest BCUT2D eigenvalue weighted by atomic mass is 10.0. The minimum Gasteiger partial charge on any atom is -0.508 e. The second-order valence-electron chi connectivity index (χ2n) is 4.86. The summed E-state index contributed by atoms with van der Waals surface area (Å²) >= 11 is 0. The molecule has 1 aliphatic heterocycles. The molecule has 1 atom stereocenters. The lowest BCUT2D eigenvalue weighted by Gasteiger charge is -2.34. The van der Waals surface area contributed by atoms with Crippen LogP contribution in [0.1, 0.15) is 31.7 Å². The van der Waals surface area contributed by atoms with Crippen LogP contribution in [0.25, 0.3) is 0 Å². The van der Waals surface area contributed by atoms with Gasteiger partial charge in [0.1, 0.15) is 11.8 Å². The fourth-order valence-corrected chi connectivity index (χ4v) is 2.55. The van der Waals surface area contributed by atoms with Crippen molar-refractivity contribution in [1.82, 2.24) is 4.90 Å². The average molecular weight is 263 g/mol. The molecule has 0 radical (unpaired) electrons. The Hall–Kier alpha value is -1.55. The number of carbonyl (C=O) groups excluding carboxylic acids is 1. The van der Waals surface area contributed by atoms with Crippen LogP contribution in [-0.4, -0.2) is 35.2 Å². The Labute approximate surface area is 114 Å². The summed E-state index contributed by atoms with van der Waals surface area (Å²) in [5.41, 5.74) is 0.860. The van der Waals surface area contributed by atoms with Crippen molar-refractivity contribution in [1.29, 1.82) is 0 Å². The Kier molecular flexibility index (Phi) is 4.80. The van der Waals surface area contributed by atoms with Gasteiger partial charge in [0, 0.05) is 12.1 Å². The maximum Gasteiger partial charge on any atom is 0.323 e. The molecular formula is C15H21NO3. The van der Waals surface area contributed by atoms with E-state index in [1.54, 1.807) is 12.1 Å². The Morgan fingerprint density at radius 2 is 2.21 bits per heavy atom. The minimum absolute atomic E-state index is 0.141. The molecular weight excluding hydrogens is 242 g/mol. The Morgan fingerprint density at radius 3 is 2.95 bits per heavy atom. The number of piperidine rings is 1. The summed E-state index contributed by atoms with van der Waals surface area (Å²) in [7, 11) is 0. The first kappa shape index (κ1) is 13.9. The second kappa shape index (κ2) is 6.57. The van der Waals surface area contributed by atoms with Crippen LogP contribution in [0, 0.1) is 0 Å². The Balaban J connectivity index is 2.07. The van der Waals surface area contributed by atoms with Crippen molar-refractivity contribution < 1.29 is 14.6 Å². The predicted octanol–water partition coefficient (Wildman–Crippen LogP) is 2.31. The van der Waals surface area contributed by atoms with E-state index >= 15 is 0 Å². The molecule has 2 rings (SSSR count). The molecule has 1 fully saturated rings. The Morgan fingerprint density at radius 1 is 1.42 bits per heavy atom. The first-order valence-corrected chi connectivity index (χ1v) is 6.90. The average Bonchev–Trinajstić information content (AvgIpc) is 2.42. The highest BCUT2D eigenvalue weighted by atomic mass is 16.5. The standard InChI is InChI=1S/C15H21NO3/c1-2-19-15(18)13-8-5-6-10-16(13)11-12-7-3-4-9-14(12)17/h3-4,7,9,13,17H,2,5-6,8,10-11H2,1H3/t13-/m1/s1. The van der Waals surface area contributed by atoms with E-state index in [1.807, 2.05) is 19.1 Å². The predicted molar refractivity (Wildman–Crippen MR) is 72.8 cm³/mol. The van der Waals surface area contributed by atoms with E-state index in [9.17, 15) is 9.90 Å². The largest absolute Gasteiger partial charge is 0.508 e. The molecule has 0 unspecified atom stereocenters. The van der Waals surface area contributed by atoms with E-state index in [0.717, 1.165) is 31.4 Å². The number of likely N-dealkylation sites (tertiary alicyclic amines) is 1. The van der Waals surface area contributed by atoms with Crippen LogP contribution in [0.2, 0.25) is 0 Å². The van der Waals surface area contributed by atoms with Gasteiger partial charge in [-0.3, -0.25) is 9.69 Å². The zero-order valence-electron chi connectivity index (χ0n) is 11.3. The molecule has 0 spiro atoms. The summed E-state index contributed by atoms with van der Waals surface area (Å²) in [6.45, 7) is 3.71. The number of rotatable bonds is 4. The quantitative estimate of drug-likeness (QED) is 0.847. The van der Waals surface area contributed by atoms with Crippen LogP contribution in [0.3, 0.4) is 0 Å². The number of carbonyl (C=O) groups is 1. The number of phenolic OH excluding ortho intramolecular Hbond substituents is 1. The van der Waals surface area contributed by atoms with Crippen molar-refractivity contribution in [3.8, 4) is 5.75 Å². The molecule has 4 nitrogen and oxygen atoms in total. The summed E-state index contributed by atoms with van der Waals surface area (Å²) in [6.07, 6.45) is 2.98. The van der Waals surface area contributed by atoms with Gasteiger partial charge in [0.05, 0.1) is 6.61 Å². The first-order chi connectivity index (χ1) is 9.22. The zero-order chi connectivity index (χ0) is 13.7. The van der Waals surface area contributed by atoms with Crippen molar-refractivity contribution in [2.24, 2.45) is 0 Å². The monoisotopic (exact) mass is 263 g/mol. The van der Waals surface area contributed by atoms with Gasteiger partial charge in [-0.05, 0) is 32.4 Å². The van der Waals surface area contributed by atoms with Gasteiger partial charge in [0.2, 0.25) is 0 Å². The molecule has 0 aromatic heterocycles. The highest BCUT2D eigenvalue weighted by molar-refractivity contribution is 5.75. The fourth-order valence-electron chi connectivity index (χ4n) is 2.55. The number of ether oxygens (including phenoxy) is 1. The summed E-state index contributed by atoms with van der Waals surface area (Å²) < 4.78 is 5.14. The number of aromatic hydroxyl groups is 1. The first-order valence-electron chi connectivity index (χ1n) is 6.90.